The van der Waals surface area contributed by atoms with Crippen LogP contribution in [0.5, 0.6) is 0 Å². The number of rotatable bonds is 2. The molecule has 0 aliphatic heterocycles. The van der Waals surface area contributed by atoms with Crippen LogP contribution in [-0.2, 0) is 0 Å². The van der Waals surface area contributed by atoms with Crippen molar-refractivity contribution in [1.82, 2.24) is 9.97 Å². The fourth-order valence-corrected chi connectivity index (χ4v) is 1.75. The number of nitriles is 1. The van der Waals surface area contributed by atoms with Crippen LogP contribution in [-0.4, -0.2) is 29.9 Å². The molecule has 0 saturated heterocycles. The Hall–Kier alpha value is -2.74. The summed E-state index contributed by atoms with van der Waals surface area (Å²) < 4.78 is 0. The van der Waals surface area contributed by atoms with E-state index in [2.05, 4.69) is 21.0 Å². The van der Waals surface area contributed by atoms with Crippen LogP contribution < -0.4 is 4.90 Å². The number of anilines is 1. The van der Waals surface area contributed by atoms with E-state index < -0.39 is 0 Å². The zero-order valence-corrected chi connectivity index (χ0v) is 11.7. The van der Waals surface area contributed by atoms with Gasteiger partial charge in [-0.2, -0.15) is 5.26 Å². The lowest BCUT2D eigenvalue weighted by atomic mass is 10.1. The summed E-state index contributed by atoms with van der Waals surface area (Å²) in [6.07, 6.45) is 1.67. The first-order chi connectivity index (χ1) is 9.67. The van der Waals surface area contributed by atoms with Gasteiger partial charge in [0, 0.05) is 19.7 Å². The van der Waals surface area contributed by atoms with Crippen molar-refractivity contribution >= 4 is 11.7 Å². The van der Waals surface area contributed by atoms with Crippen molar-refractivity contribution in [3.8, 4) is 17.3 Å². The van der Waals surface area contributed by atoms with E-state index in [1.54, 1.807) is 18.1 Å². The van der Waals surface area contributed by atoms with Crippen molar-refractivity contribution in [3.05, 3.63) is 42.2 Å². The maximum Gasteiger partial charge on any atom is 0.184 e. The Balaban J connectivity index is 2.47. The van der Waals surface area contributed by atoms with E-state index in [0.29, 0.717) is 11.5 Å². The molecule has 0 aliphatic rings. The Morgan fingerprint density at radius 3 is 2.60 bits per heavy atom. The molecular weight excluding hydrogens is 250 g/mol. The molecule has 0 spiro atoms. The van der Waals surface area contributed by atoms with Gasteiger partial charge in [0.1, 0.15) is 11.9 Å². The highest BCUT2D eigenvalue weighted by molar-refractivity contribution is 5.95. The number of hydrogen-bond acceptors (Lipinski definition) is 4. The summed E-state index contributed by atoms with van der Waals surface area (Å²) in [4.78, 5) is 14.6. The summed E-state index contributed by atoms with van der Waals surface area (Å²) in [7, 11) is 3.51. The standard InChI is InChI=1S/C15H15N5/c1-11(17-2)20(3)15-13(9-16)19-14(10-18-15)12-7-5-4-6-8-12/h4-8,10H,1-3H3. The zero-order valence-electron chi connectivity index (χ0n) is 11.7. The van der Waals surface area contributed by atoms with Crippen molar-refractivity contribution in [2.45, 2.75) is 6.92 Å². The second-order valence-electron chi connectivity index (χ2n) is 4.24. The molecule has 0 aliphatic carbocycles. The van der Waals surface area contributed by atoms with Gasteiger partial charge in [0.15, 0.2) is 11.5 Å². The number of aliphatic imine (C=N–C) groups is 1. The average molecular weight is 265 g/mol. The van der Waals surface area contributed by atoms with Gasteiger partial charge in [-0.1, -0.05) is 30.3 Å². The largest absolute Gasteiger partial charge is 0.316 e. The third-order valence-electron chi connectivity index (χ3n) is 3.06. The van der Waals surface area contributed by atoms with Crippen molar-refractivity contribution in [2.24, 2.45) is 4.99 Å². The fraction of sp³-hybridized carbons (Fsp3) is 0.200. The molecule has 2 aromatic rings. The highest BCUT2D eigenvalue weighted by Gasteiger charge is 2.14. The molecule has 0 saturated carbocycles. The summed E-state index contributed by atoms with van der Waals surface area (Å²) in [5.41, 5.74) is 1.91. The van der Waals surface area contributed by atoms with Crippen molar-refractivity contribution in [1.29, 1.82) is 5.26 Å². The number of nitrogens with zero attached hydrogens (tertiary/aromatic N) is 5. The van der Waals surface area contributed by atoms with E-state index >= 15 is 0 Å². The van der Waals surface area contributed by atoms with Gasteiger partial charge < -0.3 is 4.90 Å². The molecular formula is C15H15N5. The number of benzene rings is 1. The van der Waals surface area contributed by atoms with E-state index in [-0.39, 0.29) is 5.69 Å². The number of hydrogen-bond donors (Lipinski definition) is 0. The highest BCUT2D eigenvalue weighted by Crippen LogP contribution is 2.20. The first-order valence-electron chi connectivity index (χ1n) is 6.17. The molecule has 1 heterocycles. The maximum atomic E-state index is 9.27. The van der Waals surface area contributed by atoms with Gasteiger partial charge in [-0.05, 0) is 6.92 Å². The Bertz CT molecular complexity index is 670. The molecule has 0 N–H and O–H groups in total. The lowest BCUT2D eigenvalue weighted by molar-refractivity contribution is 1.08. The third-order valence-corrected chi connectivity index (χ3v) is 3.06. The predicted octanol–water partition coefficient (Wildman–Crippen LogP) is 2.50. The monoisotopic (exact) mass is 265 g/mol. The van der Waals surface area contributed by atoms with E-state index in [4.69, 9.17) is 0 Å². The first kappa shape index (κ1) is 13.7. The van der Waals surface area contributed by atoms with Gasteiger partial charge in [0.05, 0.1) is 11.9 Å². The molecule has 2 rings (SSSR count). The molecule has 1 aromatic carbocycles. The van der Waals surface area contributed by atoms with Gasteiger partial charge in [-0.15, -0.1) is 0 Å². The predicted molar refractivity (Wildman–Crippen MR) is 79.6 cm³/mol. The molecule has 100 valence electrons. The van der Waals surface area contributed by atoms with Crippen LogP contribution in [0.2, 0.25) is 0 Å². The SMILES string of the molecule is CN=C(C)N(C)c1ncc(-c2ccccc2)nc1C#N. The smallest absolute Gasteiger partial charge is 0.184 e. The van der Waals surface area contributed by atoms with E-state index in [1.807, 2.05) is 44.3 Å². The van der Waals surface area contributed by atoms with E-state index in [9.17, 15) is 5.26 Å². The minimum atomic E-state index is 0.289. The minimum Gasteiger partial charge on any atom is -0.316 e. The summed E-state index contributed by atoms with van der Waals surface area (Å²) >= 11 is 0. The van der Waals surface area contributed by atoms with E-state index in [0.717, 1.165) is 11.4 Å². The molecule has 0 radical (unpaired) electrons. The van der Waals surface area contributed by atoms with Crippen LogP contribution in [0.1, 0.15) is 12.6 Å². The van der Waals surface area contributed by atoms with E-state index in [1.165, 1.54) is 0 Å². The molecule has 5 heteroatoms. The maximum absolute atomic E-state index is 9.27. The van der Waals surface area contributed by atoms with Crippen LogP contribution in [0.3, 0.4) is 0 Å². The van der Waals surface area contributed by atoms with Crippen molar-refractivity contribution in [2.75, 3.05) is 19.0 Å². The number of aromatic nitrogens is 2. The molecule has 0 bridgehead atoms. The summed E-state index contributed by atoms with van der Waals surface area (Å²) in [6.45, 7) is 1.86. The molecule has 0 unspecified atom stereocenters. The minimum absolute atomic E-state index is 0.289. The Morgan fingerprint density at radius 2 is 2.00 bits per heavy atom. The Kier molecular flexibility index (Phi) is 4.06. The van der Waals surface area contributed by atoms with Gasteiger partial charge in [0.2, 0.25) is 0 Å². The summed E-state index contributed by atoms with van der Waals surface area (Å²) in [6, 6.07) is 11.8. The van der Waals surface area contributed by atoms with Crippen LogP contribution in [0.4, 0.5) is 5.82 Å². The fourth-order valence-electron chi connectivity index (χ4n) is 1.75. The van der Waals surface area contributed by atoms with Crippen LogP contribution in [0.15, 0.2) is 41.5 Å². The van der Waals surface area contributed by atoms with Crippen LogP contribution >= 0.6 is 0 Å². The van der Waals surface area contributed by atoms with Gasteiger partial charge in [-0.25, -0.2) is 9.97 Å². The molecule has 0 atom stereocenters. The number of amidine groups is 1. The topological polar surface area (TPSA) is 65.2 Å². The average Bonchev–Trinajstić information content (AvgIpc) is 2.53. The molecule has 20 heavy (non-hydrogen) atoms. The normalized spacial score (nSPS) is 11.0. The first-order valence-corrected chi connectivity index (χ1v) is 6.17. The van der Waals surface area contributed by atoms with Crippen LogP contribution in [0.25, 0.3) is 11.3 Å². The van der Waals surface area contributed by atoms with Gasteiger partial charge in [0.25, 0.3) is 0 Å². The Morgan fingerprint density at radius 1 is 1.30 bits per heavy atom. The quantitative estimate of drug-likeness (QED) is 0.618. The third kappa shape index (κ3) is 2.64. The molecule has 1 aromatic heterocycles. The second-order valence-corrected chi connectivity index (χ2v) is 4.24. The summed E-state index contributed by atoms with van der Waals surface area (Å²) in [5.74, 6) is 1.28. The van der Waals surface area contributed by atoms with Crippen molar-refractivity contribution < 1.29 is 0 Å². The summed E-state index contributed by atoms with van der Waals surface area (Å²) in [5, 5.41) is 9.27. The highest BCUT2D eigenvalue weighted by atomic mass is 15.2. The zero-order chi connectivity index (χ0) is 14.5. The van der Waals surface area contributed by atoms with Gasteiger partial charge >= 0.3 is 0 Å². The lowest BCUT2D eigenvalue weighted by Crippen LogP contribution is -2.25. The van der Waals surface area contributed by atoms with Crippen molar-refractivity contribution in [3.63, 3.8) is 0 Å². The molecule has 5 nitrogen and oxygen atoms in total. The molecule has 0 amide bonds. The second kappa shape index (κ2) is 5.93. The lowest BCUT2D eigenvalue weighted by Gasteiger charge is -2.18. The molecule has 0 fully saturated rings. The Labute approximate surface area is 118 Å². The van der Waals surface area contributed by atoms with Gasteiger partial charge in [-0.3, -0.25) is 4.99 Å². The van der Waals surface area contributed by atoms with Crippen LogP contribution in [0, 0.1) is 11.3 Å².